The fraction of sp³-hybridized carbons (Fsp3) is 0.500. The molecule has 0 radical (unpaired) electrons. The zero-order valence-corrected chi connectivity index (χ0v) is 10.3. The maximum absolute atomic E-state index is 5.82. The average Bonchev–Trinajstić information content (AvgIpc) is 3.04. The second kappa shape index (κ2) is 4.06. The number of nitrogens with zero attached hydrogens (tertiary/aromatic N) is 2. The average molecular weight is 229 g/mol. The summed E-state index contributed by atoms with van der Waals surface area (Å²) in [4.78, 5) is 4.73. The van der Waals surface area contributed by atoms with E-state index in [-0.39, 0.29) is 0 Å². The zero-order chi connectivity index (χ0) is 11.8. The maximum Gasteiger partial charge on any atom is 0.109 e. The van der Waals surface area contributed by atoms with Crippen LogP contribution in [0.25, 0.3) is 11.0 Å². The number of hydrogen-bond acceptors (Lipinski definition) is 2. The van der Waals surface area contributed by atoms with Crippen molar-refractivity contribution >= 4 is 16.7 Å². The second-order valence-corrected chi connectivity index (χ2v) is 5.08. The number of benzene rings is 1. The van der Waals surface area contributed by atoms with E-state index in [4.69, 9.17) is 10.7 Å². The zero-order valence-electron chi connectivity index (χ0n) is 10.3. The van der Waals surface area contributed by atoms with E-state index in [2.05, 4.69) is 17.6 Å². The number of anilines is 1. The molecule has 0 atom stereocenters. The van der Waals surface area contributed by atoms with Crippen LogP contribution in [0.4, 0.5) is 5.69 Å². The standard InChI is InChI=1S/C14H19N3/c1-2-3-14-16-12-8-11(15)6-7-13(12)17(14)9-10-4-5-10/h6-8,10H,2-5,9,15H2,1H3. The van der Waals surface area contributed by atoms with Crippen molar-refractivity contribution in [2.24, 2.45) is 5.92 Å². The molecular weight excluding hydrogens is 210 g/mol. The molecule has 1 aromatic carbocycles. The molecule has 0 amide bonds. The van der Waals surface area contributed by atoms with E-state index in [0.717, 1.165) is 36.5 Å². The van der Waals surface area contributed by atoms with Gasteiger partial charge in [0.1, 0.15) is 5.82 Å². The topological polar surface area (TPSA) is 43.8 Å². The van der Waals surface area contributed by atoms with Crippen LogP contribution in [0.5, 0.6) is 0 Å². The van der Waals surface area contributed by atoms with Crippen LogP contribution < -0.4 is 5.73 Å². The molecule has 3 nitrogen and oxygen atoms in total. The van der Waals surface area contributed by atoms with E-state index >= 15 is 0 Å². The monoisotopic (exact) mass is 229 g/mol. The SMILES string of the molecule is CCCc1nc2cc(N)ccc2n1CC1CC1. The molecule has 0 bridgehead atoms. The Morgan fingerprint density at radius 3 is 2.94 bits per heavy atom. The largest absolute Gasteiger partial charge is 0.399 e. The summed E-state index contributed by atoms with van der Waals surface area (Å²) in [7, 11) is 0. The first-order chi connectivity index (χ1) is 8.28. The van der Waals surface area contributed by atoms with Gasteiger partial charge in [-0.05, 0) is 43.4 Å². The summed E-state index contributed by atoms with van der Waals surface area (Å²) in [5.74, 6) is 2.10. The molecular formula is C14H19N3. The van der Waals surface area contributed by atoms with E-state index in [1.807, 2.05) is 12.1 Å². The Hall–Kier alpha value is -1.51. The van der Waals surface area contributed by atoms with Gasteiger partial charge in [-0.3, -0.25) is 0 Å². The number of hydrogen-bond donors (Lipinski definition) is 1. The van der Waals surface area contributed by atoms with Crippen molar-refractivity contribution in [3.63, 3.8) is 0 Å². The molecule has 90 valence electrons. The molecule has 1 saturated carbocycles. The Kier molecular flexibility index (Phi) is 2.54. The van der Waals surface area contributed by atoms with Crippen molar-refractivity contribution in [3.05, 3.63) is 24.0 Å². The third kappa shape index (κ3) is 2.02. The number of nitrogen functional groups attached to an aromatic ring is 1. The van der Waals surface area contributed by atoms with Crippen molar-refractivity contribution in [3.8, 4) is 0 Å². The van der Waals surface area contributed by atoms with Gasteiger partial charge in [-0.1, -0.05) is 6.92 Å². The highest BCUT2D eigenvalue weighted by atomic mass is 15.1. The fourth-order valence-electron chi connectivity index (χ4n) is 2.37. The Morgan fingerprint density at radius 2 is 2.24 bits per heavy atom. The Balaban J connectivity index is 2.08. The summed E-state index contributed by atoms with van der Waals surface area (Å²) >= 11 is 0. The molecule has 0 saturated heterocycles. The van der Waals surface area contributed by atoms with E-state index in [1.54, 1.807) is 0 Å². The van der Waals surface area contributed by atoms with E-state index in [0.29, 0.717) is 0 Å². The Bertz CT molecular complexity index is 538. The third-order valence-electron chi connectivity index (χ3n) is 3.46. The summed E-state index contributed by atoms with van der Waals surface area (Å²) in [6.07, 6.45) is 4.95. The summed E-state index contributed by atoms with van der Waals surface area (Å²) in [5.41, 5.74) is 8.92. The van der Waals surface area contributed by atoms with Gasteiger partial charge in [-0.25, -0.2) is 4.98 Å². The number of imidazole rings is 1. The van der Waals surface area contributed by atoms with Crippen molar-refractivity contribution in [1.29, 1.82) is 0 Å². The van der Waals surface area contributed by atoms with E-state index in [1.165, 1.54) is 24.2 Å². The van der Waals surface area contributed by atoms with Gasteiger partial charge in [-0.15, -0.1) is 0 Å². The summed E-state index contributed by atoms with van der Waals surface area (Å²) in [5, 5.41) is 0. The second-order valence-electron chi connectivity index (χ2n) is 5.08. The van der Waals surface area contributed by atoms with Crippen LogP contribution in [0.15, 0.2) is 18.2 Å². The molecule has 3 rings (SSSR count). The minimum atomic E-state index is 0.802. The number of aryl methyl sites for hydroxylation is 1. The lowest BCUT2D eigenvalue weighted by Gasteiger charge is -2.07. The molecule has 1 aromatic heterocycles. The van der Waals surface area contributed by atoms with Gasteiger partial charge in [0.05, 0.1) is 11.0 Å². The predicted molar refractivity (Wildman–Crippen MR) is 70.9 cm³/mol. The smallest absolute Gasteiger partial charge is 0.109 e. The van der Waals surface area contributed by atoms with Crippen LogP contribution in [0.3, 0.4) is 0 Å². The molecule has 1 fully saturated rings. The van der Waals surface area contributed by atoms with Gasteiger partial charge in [0, 0.05) is 18.7 Å². The number of rotatable bonds is 4. The summed E-state index contributed by atoms with van der Waals surface area (Å²) < 4.78 is 2.40. The predicted octanol–water partition coefficient (Wildman–Crippen LogP) is 2.98. The lowest BCUT2D eigenvalue weighted by molar-refractivity contribution is 0.605. The molecule has 0 aliphatic heterocycles. The first-order valence-electron chi connectivity index (χ1n) is 6.52. The van der Waals surface area contributed by atoms with Gasteiger partial charge in [0.15, 0.2) is 0 Å². The molecule has 1 heterocycles. The van der Waals surface area contributed by atoms with Crippen molar-refractivity contribution in [1.82, 2.24) is 9.55 Å². The van der Waals surface area contributed by atoms with Gasteiger partial charge in [0.2, 0.25) is 0 Å². The minimum absolute atomic E-state index is 0.802. The van der Waals surface area contributed by atoms with Crippen LogP contribution >= 0.6 is 0 Å². The molecule has 2 aromatic rings. The molecule has 2 N–H and O–H groups in total. The molecule has 3 heteroatoms. The number of aromatic nitrogens is 2. The minimum Gasteiger partial charge on any atom is -0.399 e. The van der Waals surface area contributed by atoms with Crippen LogP contribution in [0, 0.1) is 5.92 Å². The van der Waals surface area contributed by atoms with Crippen LogP contribution in [-0.4, -0.2) is 9.55 Å². The molecule has 0 unspecified atom stereocenters. The molecule has 1 aliphatic carbocycles. The van der Waals surface area contributed by atoms with Gasteiger partial charge >= 0.3 is 0 Å². The number of fused-ring (bicyclic) bond motifs is 1. The quantitative estimate of drug-likeness (QED) is 0.819. The van der Waals surface area contributed by atoms with Crippen LogP contribution in [0.1, 0.15) is 32.0 Å². The maximum atomic E-state index is 5.82. The van der Waals surface area contributed by atoms with E-state index in [9.17, 15) is 0 Å². The molecule has 0 spiro atoms. The van der Waals surface area contributed by atoms with Crippen LogP contribution in [0.2, 0.25) is 0 Å². The van der Waals surface area contributed by atoms with Gasteiger partial charge < -0.3 is 10.3 Å². The number of nitrogens with two attached hydrogens (primary N) is 1. The highest BCUT2D eigenvalue weighted by molar-refractivity contribution is 5.79. The Labute approximate surface area is 102 Å². The Morgan fingerprint density at radius 1 is 1.41 bits per heavy atom. The lowest BCUT2D eigenvalue weighted by Crippen LogP contribution is -2.05. The van der Waals surface area contributed by atoms with Crippen LogP contribution in [-0.2, 0) is 13.0 Å². The lowest BCUT2D eigenvalue weighted by atomic mass is 10.2. The normalized spacial score (nSPS) is 15.6. The molecule has 1 aliphatic rings. The van der Waals surface area contributed by atoms with Gasteiger partial charge in [0.25, 0.3) is 0 Å². The van der Waals surface area contributed by atoms with Crippen molar-refractivity contribution in [2.45, 2.75) is 39.2 Å². The summed E-state index contributed by atoms with van der Waals surface area (Å²) in [6, 6.07) is 6.07. The first kappa shape index (κ1) is 10.6. The van der Waals surface area contributed by atoms with Gasteiger partial charge in [-0.2, -0.15) is 0 Å². The first-order valence-corrected chi connectivity index (χ1v) is 6.52. The summed E-state index contributed by atoms with van der Waals surface area (Å²) in [6.45, 7) is 3.34. The van der Waals surface area contributed by atoms with E-state index < -0.39 is 0 Å². The molecule has 17 heavy (non-hydrogen) atoms. The fourth-order valence-corrected chi connectivity index (χ4v) is 2.37. The van der Waals surface area contributed by atoms with Crippen molar-refractivity contribution in [2.75, 3.05) is 5.73 Å². The highest BCUT2D eigenvalue weighted by Crippen LogP contribution is 2.32. The van der Waals surface area contributed by atoms with Crippen molar-refractivity contribution < 1.29 is 0 Å². The third-order valence-corrected chi connectivity index (χ3v) is 3.46. The highest BCUT2D eigenvalue weighted by Gasteiger charge is 2.23.